The van der Waals surface area contributed by atoms with E-state index in [9.17, 15) is 9.90 Å². The second-order valence-corrected chi connectivity index (χ2v) is 4.73. The van der Waals surface area contributed by atoms with E-state index in [1.54, 1.807) is 19.1 Å². The first kappa shape index (κ1) is 14.4. The molecule has 1 aromatic heterocycles. The van der Waals surface area contributed by atoms with Gasteiger partial charge in [-0.1, -0.05) is 26.3 Å². The van der Waals surface area contributed by atoms with Crippen molar-refractivity contribution in [2.75, 3.05) is 11.9 Å². The normalized spacial score (nSPS) is 15.8. The van der Waals surface area contributed by atoms with Crippen LogP contribution < -0.4 is 5.32 Å². The Morgan fingerprint density at radius 2 is 2.22 bits per heavy atom. The Hall–Kier alpha value is -1.62. The van der Waals surface area contributed by atoms with E-state index in [1.165, 1.54) is 6.07 Å². The zero-order valence-electron chi connectivity index (χ0n) is 11.0. The molecule has 2 unspecified atom stereocenters. The lowest BCUT2D eigenvalue weighted by Gasteiger charge is -2.30. The summed E-state index contributed by atoms with van der Waals surface area (Å²) in [6, 6.07) is 4.73. The number of pyridine rings is 1. The molecule has 3 N–H and O–H groups in total. The van der Waals surface area contributed by atoms with Crippen molar-refractivity contribution >= 4 is 11.8 Å². The van der Waals surface area contributed by atoms with E-state index in [2.05, 4.69) is 10.3 Å². The maximum absolute atomic E-state index is 10.8. The average Bonchev–Trinajstić information content (AvgIpc) is 2.35. The average molecular weight is 252 g/mol. The van der Waals surface area contributed by atoms with E-state index in [4.69, 9.17) is 5.11 Å². The zero-order valence-corrected chi connectivity index (χ0v) is 11.0. The Bertz CT molecular complexity index is 418. The lowest BCUT2D eigenvalue weighted by molar-refractivity contribution is 0.0175. The molecule has 0 amide bonds. The van der Waals surface area contributed by atoms with E-state index in [0.717, 1.165) is 6.42 Å². The number of nitrogens with zero attached hydrogens (tertiary/aromatic N) is 1. The smallest absolute Gasteiger partial charge is 0.354 e. The van der Waals surface area contributed by atoms with Gasteiger partial charge in [0.2, 0.25) is 0 Å². The van der Waals surface area contributed by atoms with Gasteiger partial charge in [-0.15, -0.1) is 0 Å². The molecule has 0 aliphatic carbocycles. The Balaban J connectivity index is 2.69. The highest BCUT2D eigenvalue weighted by Crippen LogP contribution is 2.20. The minimum Gasteiger partial charge on any atom is -0.477 e. The zero-order chi connectivity index (χ0) is 13.8. The van der Waals surface area contributed by atoms with Crippen molar-refractivity contribution < 1.29 is 15.0 Å². The van der Waals surface area contributed by atoms with Gasteiger partial charge in [0.25, 0.3) is 0 Å². The molecule has 5 nitrogen and oxygen atoms in total. The van der Waals surface area contributed by atoms with E-state index in [0.29, 0.717) is 12.4 Å². The predicted octanol–water partition coefficient (Wildman–Crippen LogP) is 1.99. The quantitative estimate of drug-likeness (QED) is 0.721. The molecule has 0 spiro atoms. The van der Waals surface area contributed by atoms with Crippen LogP contribution >= 0.6 is 0 Å². The van der Waals surface area contributed by atoms with Crippen molar-refractivity contribution in [2.45, 2.75) is 32.8 Å². The van der Waals surface area contributed by atoms with Crippen molar-refractivity contribution in [1.82, 2.24) is 4.98 Å². The number of carboxylic acid groups (broad SMARTS) is 1. The van der Waals surface area contributed by atoms with Gasteiger partial charge in [0.15, 0.2) is 5.69 Å². The molecule has 0 saturated heterocycles. The molecular formula is C13H20N2O3. The minimum atomic E-state index is -1.06. The monoisotopic (exact) mass is 252 g/mol. The molecule has 0 bridgehead atoms. The summed E-state index contributed by atoms with van der Waals surface area (Å²) in [5, 5.41) is 22.0. The van der Waals surface area contributed by atoms with Crippen LogP contribution in [0.25, 0.3) is 0 Å². The summed E-state index contributed by atoms with van der Waals surface area (Å²) < 4.78 is 0. The third-order valence-corrected chi connectivity index (χ3v) is 3.27. The fourth-order valence-corrected chi connectivity index (χ4v) is 1.54. The topological polar surface area (TPSA) is 82.5 Å². The summed E-state index contributed by atoms with van der Waals surface area (Å²) in [6.07, 6.45) is 0.872. The van der Waals surface area contributed by atoms with Crippen molar-refractivity contribution in [2.24, 2.45) is 5.92 Å². The Morgan fingerprint density at radius 1 is 1.56 bits per heavy atom. The Labute approximate surface area is 107 Å². The van der Waals surface area contributed by atoms with Crippen molar-refractivity contribution in [3.05, 3.63) is 23.9 Å². The van der Waals surface area contributed by atoms with Gasteiger partial charge in [-0.05, 0) is 25.0 Å². The lowest BCUT2D eigenvalue weighted by atomic mass is 9.89. The van der Waals surface area contributed by atoms with Gasteiger partial charge in [-0.2, -0.15) is 0 Å². The van der Waals surface area contributed by atoms with Crippen molar-refractivity contribution in [3.8, 4) is 0 Å². The number of aromatic nitrogens is 1. The highest BCUT2D eigenvalue weighted by Gasteiger charge is 2.26. The first-order valence-electron chi connectivity index (χ1n) is 6.03. The number of nitrogens with one attached hydrogen (secondary N) is 1. The molecule has 18 heavy (non-hydrogen) atoms. The molecule has 0 aliphatic rings. The molecule has 100 valence electrons. The molecular weight excluding hydrogens is 232 g/mol. The largest absolute Gasteiger partial charge is 0.477 e. The van der Waals surface area contributed by atoms with Crippen LogP contribution in [0.4, 0.5) is 5.82 Å². The summed E-state index contributed by atoms with van der Waals surface area (Å²) in [4.78, 5) is 14.7. The summed E-state index contributed by atoms with van der Waals surface area (Å²) >= 11 is 0. The second kappa shape index (κ2) is 5.82. The van der Waals surface area contributed by atoms with E-state index in [1.807, 2.05) is 13.8 Å². The summed E-state index contributed by atoms with van der Waals surface area (Å²) in [5.41, 5.74) is -0.862. The van der Waals surface area contributed by atoms with Crippen LogP contribution in [0.3, 0.4) is 0 Å². The Morgan fingerprint density at radius 3 is 2.78 bits per heavy atom. The van der Waals surface area contributed by atoms with Crippen LogP contribution in [0, 0.1) is 5.92 Å². The molecule has 0 fully saturated rings. The number of aromatic carboxylic acids is 1. The molecule has 1 rings (SSSR count). The third kappa shape index (κ3) is 3.70. The maximum atomic E-state index is 10.8. The van der Waals surface area contributed by atoms with Crippen LogP contribution in [0.5, 0.6) is 0 Å². The van der Waals surface area contributed by atoms with Crippen molar-refractivity contribution in [1.29, 1.82) is 0 Å². The van der Waals surface area contributed by atoms with Gasteiger partial charge in [0.05, 0.1) is 5.60 Å². The molecule has 1 heterocycles. The van der Waals surface area contributed by atoms with Crippen molar-refractivity contribution in [3.63, 3.8) is 0 Å². The van der Waals surface area contributed by atoms with E-state index >= 15 is 0 Å². The Kier molecular flexibility index (Phi) is 4.67. The van der Waals surface area contributed by atoms with Gasteiger partial charge >= 0.3 is 5.97 Å². The van der Waals surface area contributed by atoms with Crippen LogP contribution in [0.15, 0.2) is 18.2 Å². The number of carboxylic acids is 1. The fourth-order valence-electron chi connectivity index (χ4n) is 1.54. The first-order chi connectivity index (χ1) is 8.36. The molecule has 0 aromatic carbocycles. The SMILES string of the molecule is CCC(C)C(C)(O)CNc1cccc(C(=O)O)n1. The lowest BCUT2D eigenvalue weighted by Crippen LogP contribution is -2.40. The number of anilines is 1. The number of hydrogen-bond acceptors (Lipinski definition) is 4. The summed E-state index contributed by atoms with van der Waals surface area (Å²) in [6.45, 7) is 6.08. The van der Waals surface area contributed by atoms with Crippen LogP contribution in [-0.4, -0.2) is 33.3 Å². The number of carbonyl (C=O) groups is 1. The van der Waals surface area contributed by atoms with Gasteiger partial charge in [0, 0.05) is 6.54 Å². The maximum Gasteiger partial charge on any atom is 0.354 e. The highest BCUT2D eigenvalue weighted by molar-refractivity contribution is 5.85. The molecule has 0 radical (unpaired) electrons. The fraction of sp³-hybridized carbons (Fsp3) is 0.538. The molecule has 0 saturated carbocycles. The van der Waals surface area contributed by atoms with Crippen LogP contribution in [0.1, 0.15) is 37.7 Å². The number of hydrogen-bond donors (Lipinski definition) is 3. The van der Waals surface area contributed by atoms with Crippen LogP contribution in [0.2, 0.25) is 0 Å². The first-order valence-corrected chi connectivity index (χ1v) is 6.03. The molecule has 5 heteroatoms. The summed E-state index contributed by atoms with van der Waals surface area (Å²) in [7, 11) is 0. The van der Waals surface area contributed by atoms with Crippen LogP contribution in [-0.2, 0) is 0 Å². The van der Waals surface area contributed by atoms with Gasteiger partial charge < -0.3 is 15.5 Å². The highest BCUT2D eigenvalue weighted by atomic mass is 16.4. The summed E-state index contributed by atoms with van der Waals surface area (Å²) in [5.74, 6) is -0.460. The predicted molar refractivity (Wildman–Crippen MR) is 69.8 cm³/mol. The number of rotatable bonds is 6. The third-order valence-electron chi connectivity index (χ3n) is 3.27. The molecule has 2 atom stereocenters. The van der Waals surface area contributed by atoms with E-state index in [-0.39, 0.29) is 11.6 Å². The van der Waals surface area contributed by atoms with E-state index < -0.39 is 11.6 Å². The molecule has 0 aliphatic heterocycles. The standard InChI is InChI=1S/C13H20N2O3/c1-4-9(2)13(3,18)8-14-11-7-5-6-10(15-11)12(16)17/h5-7,9,18H,4,8H2,1-3H3,(H,14,15)(H,16,17). The second-order valence-electron chi connectivity index (χ2n) is 4.73. The minimum absolute atomic E-state index is 0.0109. The number of aliphatic hydroxyl groups is 1. The molecule has 1 aromatic rings. The van der Waals surface area contributed by atoms with Gasteiger partial charge in [-0.25, -0.2) is 9.78 Å². The van der Waals surface area contributed by atoms with Gasteiger partial charge in [0.1, 0.15) is 5.82 Å². The van der Waals surface area contributed by atoms with Gasteiger partial charge in [-0.3, -0.25) is 0 Å².